The van der Waals surface area contributed by atoms with Crippen molar-refractivity contribution in [1.29, 1.82) is 0 Å². The second-order valence-corrected chi connectivity index (χ2v) is 7.05. The number of benzene rings is 1. The third kappa shape index (κ3) is 3.19. The molecule has 3 rings (SSSR count). The number of rotatable bonds is 6. The highest BCUT2D eigenvalue weighted by molar-refractivity contribution is 5.93. The molecule has 2 aliphatic rings. The molecule has 1 aromatic carbocycles. The fraction of sp³-hybridized carbons (Fsp3) is 0.429. The molecule has 4 nitrogen and oxygen atoms in total. The Hall–Kier alpha value is -2.20. The molecule has 0 bridgehead atoms. The fourth-order valence-electron chi connectivity index (χ4n) is 3.88. The Morgan fingerprint density at radius 3 is 2.96 bits per heavy atom. The molecular weight excluding hydrogens is 316 g/mol. The van der Waals surface area contributed by atoms with Gasteiger partial charge in [-0.05, 0) is 49.3 Å². The zero-order valence-electron chi connectivity index (χ0n) is 14.8. The van der Waals surface area contributed by atoms with Crippen LogP contribution in [0.2, 0.25) is 0 Å². The number of aldehydes is 1. The third-order valence-electron chi connectivity index (χ3n) is 5.43. The van der Waals surface area contributed by atoms with Gasteiger partial charge >= 0.3 is 0 Å². The van der Waals surface area contributed by atoms with Gasteiger partial charge in [0, 0.05) is 17.6 Å². The first-order valence-electron chi connectivity index (χ1n) is 8.68. The molecule has 3 atom stereocenters. The molecule has 132 valence electrons. The van der Waals surface area contributed by atoms with Crippen LogP contribution in [0.15, 0.2) is 42.7 Å². The lowest BCUT2D eigenvalue weighted by Gasteiger charge is -2.38. The molecule has 1 aromatic rings. The summed E-state index contributed by atoms with van der Waals surface area (Å²) in [7, 11) is 0. The van der Waals surface area contributed by atoms with Gasteiger partial charge < -0.3 is 9.47 Å². The van der Waals surface area contributed by atoms with Gasteiger partial charge in [0.2, 0.25) is 0 Å². The van der Waals surface area contributed by atoms with Crippen molar-refractivity contribution in [3.05, 3.63) is 59.4 Å². The van der Waals surface area contributed by atoms with E-state index in [0.717, 1.165) is 23.8 Å². The van der Waals surface area contributed by atoms with Crippen molar-refractivity contribution in [2.45, 2.75) is 38.7 Å². The minimum absolute atomic E-state index is 0.0850. The van der Waals surface area contributed by atoms with E-state index in [1.807, 2.05) is 25.1 Å². The predicted octanol–water partition coefficient (Wildman–Crippen LogP) is 3.78. The number of ether oxygens (including phenoxy) is 2. The van der Waals surface area contributed by atoms with E-state index in [1.54, 1.807) is 12.2 Å². The van der Waals surface area contributed by atoms with Crippen molar-refractivity contribution >= 4 is 12.1 Å². The van der Waals surface area contributed by atoms with E-state index in [9.17, 15) is 9.59 Å². The number of ketones is 1. The van der Waals surface area contributed by atoms with Crippen LogP contribution in [0.4, 0.5) is 0 Å². The van der Waals surface area contributed by atoms with Gasteiger partial charge in [-0.3, -0.25) is 9.59 Å². The maximum absolute atomic E-state index is 12.3. The van der Waals surface area contributed by atoms with Crippen molar-refractivity contribution in [3.63, 3.8) is 0 Å². The Bertz CT molecular complexity index is 733. The van der Waals surface area contributed by atoms with E-state index in [4.69, 9.17) is 9.47 Å². The van der Waals surface area contributed by atoms with Crippen molar-refractivity contribution < 1.29 is 19.1 Å². The average molecular weight is 340 g/mol. The SMILES string of the molecule is C=CC[C@H]1C[C@]2(C(C)Cc3ccc(C)c(C=O)c3)OCOC2=CC1=O. The first-order valence-corrected chi connectivity index (χ1v) is 8.68. The second-order valence-electron chi connectivity index (χ2n) is 7.05. The Balaban J connectivity index is 1.87. The maximum atomic E-state index is 12.3. The number of carbonyl (C=O) groups is 2. The highest BCUT2D eigenvalue weighted by Crippen LogP contribution is 2.46. The van der Waals surface area contributed by atoms with Crippen molar-refractivity contribution in [1.82, 2.24) is 0 Å². The Kier molecular flexibility index (Phi) is 4.91. The Morgan fingerprint density at radius 1 is 1.44 bits per heavy atom. The predicted molar refractivity (Wildman–Crippen MR) is 95.2 cm³/mol. The summed E-state index contributed by atoms with van der Waals surface area (Å²) < 4.78 is 11.7. The van der Waals surface area contributed by atoms with E-state index in [0.29, 0.717) is 24.2 Å². The number of allylic oxidation sites excluding steroid dienone is 2. The average Bonchev–Trinajstić information content (AvgIpc) is 3.01. The van der Waals surface area contributed by atoms with E-state index in [-0.39, 0.29) is 24.4 Å². The number of carbonyl (C=O) groups excluding carboxylic acids is 2. The van der Waals surface area contributed by atoms with Gasteiger partial charge in [0.05, 0.1) is 0 Å². The molecule has 1 fully saturated rings. The van der Waals surface area contributed by atoms with Crippen LogP contribution in [0, 0.1) is 18.8 Å². The number of aryl methyl sites for hydroxylation is 1. The summed E-state index contributed by atoms with van der Waals surface area (Å²) in [5.41, 5.74) is 2.19. The van der Waals surface area contributed by atoms with Gasteiger partial charge in [-0.2, -0.15) is 0 Å². The molecule has 0 spiro atoms. The minimum atomic E-state index is -0.576. The fourth-order valence-corrected chi connectivity index (χ4v) is 3.88. The smallest absolute Gasteiger partial charge is 0.189 e. The summed E-state index contributed by atoms with van der Waals surface area (Å²) in [6.07, 6.45) is 6.27. The van der Waals surface area contributed by atoms with Gasteiger partial charge in [0.15, 0.2) is 12.6 Å². The topological polar surface area (TPSA) is 52.6 Å². The summed E-state index contributed by atoms with van der Waals surface area (Å²) in [6, 6.07) is 5.95. The van der Waals surface area contributed by atoms with E-state index >= 15 is 0 Å². The normalized spacial score (nSPS) is 26.4. The Morgan fingerprint density at radius 2 is 2.24 bits per heavy atom. The molecule has 25 heavy (non-hydrogen) atoms. The van der Waals surface area contributed by atoms with Crippen LogP contribution in [-0.4, -0.2) is 24.5 Å². The van der Waals surface area contributed by atoms with Gasteiger partial charge in [-0.25, -0.2) is 0 Å². The van der Waals surface area contributed by atoms with Crippen LogP contribution in [0.5, 0.6) is 0 Å². The number of fused-ring (bicyclic) bond motifs is 1. The van der Waals surface area contributed by atoms with Crippen LogP contribution in [-0.2, 0) is 20.7 Å². The largest absolute Gasteiger partial charge is 0.469 e. The first kappa shape index (κ1) is 17.6. The Labute approximate surface area is 148 Å². The lowest BCUT2D eigenvalue weighted by atomic mass is 9.71. The van der Waals surface area contributed by atoms with Crippen LogP contribution in [0.25, 0.3) is 0 Å². The van der Waals surface area contributed by atoms with Gasteiger partial charge in [0.1, 0.15) is 17.6 Å². The van der Waals surface area contributed by atoms with Gasteiger partial charge in [-0.15, -0.1) is 6.58 Å². The summed E-state index contributed by atoms with van der Waals surface area (Å²) in [4.78, 5) is 23.5. The van der Waals surface area contributed by atoms with Crippen molar-refractivity contribution in [2.75, 3.05) is 6.79 Å². The maximum Gasteiger partial charge on any atom is 0.189 e. The number of hydrogen-bond donors (Lipinski definition) is 0. The molecule has 0 radical (unpaired) electrons. The molecule has 1 unspecified atom stereocenters. The van der Waals surface area contributed by atoms with E-state index < -0.39 is 5.60 Å². The minimum Gasteiger partial charge on any atom is -0.469 e. The van der Waals surface area contributed by atoms with E-state index in [1.165, 1.54) is 0 Å². The lowest BCUT2D eigenvalue weighted by molar-refractivity contribution is -0.123. The van der Waals surface area contributed by atoms with Gasteiger partial charge in [0.25, 0.3) is 0 Å². The number of hydrogen-bond acceptors (Lipinski definition) is 4. The lowest BCUT2D eigenvalue weighted by Crippen LogP contribution is -2.44. The van der Waals surface area contributed by atoms with Crippen molar-refractivity contribution in [3.8, 4) is 0 Å². The molecule has 1 aliphatic carbocycles. The second kappa shape index (κ2) is 6.96. The molecule has 1 aliphatic heterocycles. The highest BCUT2D eigenvalue weighted by Gasteiger charge is 2.51. The summed E-state index contributed by atoms with van der Waals surface area (Å²) in [6.45, 7) is 7.98. The van der Waals surface area contributed by atoms with Crippen LogP contribution < -0.4 is 0 Å². The zero-order chi connectivity index (χ0) is 18.0. The monoisotopic (exact) mass is 340 g/mol. The summed E-state index contributed by atoms with van der Waals surface area (Å²) in [5, 5.41) is 0. The molecule has 4 heteroatoms. The molecule has 1 saturated heterocycles. The third-order valence-corrected chi connectivity index (χ3v) is 5.43. The van der Waals surface area contributed by atoms with Crippen molar-refractivity contribution in [2.24, 2.45) is 11.8 Å². The molecule has 0 N–H and O–H groups in total. The standard InChI is InChI=1S/C21H24O4/c1-4-5-17-11-21(20(10-19(17)23)24-13-25-21)15(3)8-16-7-6-14(2)18(9-16)12-22/h4,6-7,9-10,12,15,17H,1,5,8,11,13H2,2-3H3/t15?,17-,21+/m0/s1. The molecular formula is C21H24O4. The molecule has 0 saturated carbocycles. The molecule has 0 aromatic heterocycles. The molecule has 1 heterocycles. The van der Waals surface area contributed by atoms with Crippen LogP contribution in [0.3, 0.4) is 0 Å². The summed E-state index contributed by atoms with van der Waals surface area (Å²) in [5.74, 6) is 0.729. The van der Waals surface area contributed by atoms with Crippen LogP contribution >= 0.6 is 0 Å². The molecule has 0 amide bonds. The van der Waals surface area contributed by atoms with E-state index in [2.05, 4.69) is 13.5 Å². The summed E-state index contributed by atoms with van der Waals surface area (Å²) >= 11 is 0. The quantitative estimate of drug-likeness (QED) is 0.584. The highest BCUT2D eigenvalue weighted by atomic mass is 16.7. The zero-order valence-corrected chi connectivity index (χ0v) is 14.8. The van der Waals surface area contributed by atoms with Gasteiger partial charge in [-0.1, -0.05) is 25.1 Å². The first-order chi connectivity index (χ1) is 12.0. The van der Waals surface area contributed by atoms with Crippen LogP contribution in [0.1, 0.15) is 41.3 Å².